The van der Waals surface area contributed by atoms with Crippen molar-refractivity contribution < 1.29 is 0 Å². The molecule has 0 unspecified atom stereocenters. The Morgan fingerprint density at radius 3 is 0.250 bits per heavy atom. The molecular weight excluding hydrogens is 384 g/mol. The normalized spacial score (nSPS) is 27.0. The van der Waals surface area contributed by atoms with Gasteiger partial charge in [0.2, 0.25) is 0 Å². The standard InChI is InChI=1S/C32H48/c1-2-4-6-8-10-12-14-16-18-20-22-24-26-28-30-32-31-29-27-25-23-21-19-17-15-13-11-9-7-5-3-1/h1-2,7-10,15-18,23-26,31-32H,3-6,11-14,19-22,27-30H2/b2-1-,9-7+,10-8+,17-15+,18-16+,25-23+,26-24?,32-31+. The minimum atomic E-state index is 1.16. The molecule has 0 heterocycles. The molecule has 176 valence electrons. The van der Waals surface area contributed by atoms with Gasteiger partial charge in [-0.25, -0.2) is 0 Å². The van der Waals surface area contributed by atoms with Crippen LogP contribution in [-0.4, -0.2) is 0 Å². The molecule has 0 atom stereocenters. The van der Waals surface area contributed by atoms with Crippen molar-refractivity contribution in [3.8, 4) is 0 Å². The summed E-state index contributed by atoms with van der Waals surface area (Å²) < 4.78 is 0. The third-order valence-corrected chi connectivity index (χ3v) is 5.33. The zero-order valence-corrected chi connectivity index (χ0v) is 20.6. The molecule has 0 spiro atoms. The zero-order chi connectivity index (χ0) is 22.6. The van der Waals surface area contributed by atoms with Crippen LogP contribution in [0.25, 0.3) is 0 Å². The molecule has 0 aromatic rings. The van der Waals surface area contributed by atoms with Crippen molar-refractivity contribution >= 4 is 0 Å². The van der Waals surface area contributed by atoms with Crippen LogP contribution in [0.4, 0.5) is 0 Å². The van der Waals surface area contributed by atoms with E-state index in [1.54, 1.807) is 0 Å². The molecule has 0 saturated heterocycles. The molecule has 0 aromatic heterocycles. The molecule has 0 amide bonds. The highest BCUT2D eigenvalue weighted by Crippen LogP contribution is 2.04. The topological polar surface area (TPSA) is 0 Å². The molecule has 0 saturated carbocycles. The Bertz CT molecular complexity index is 402. The molecule has 0 aliphatic heterocycles. The highest BCUT2D eigenvalue weighted by Gasteiger charge is 1.84. The maximum absolute atomic E-state index is 2.34. The highest BCUT2D eigenvalue weighted by molar-refractivity contribution is 4.95. The molecular formula is C32H48. The average Bonchev–Trinajstić information content (AvgIpc) is 2.80. The van der Waals surface area contributed by atoms with Crippen molar-refractivity contribution in [2.75, 3.05) is 0 Å². The Hall–Kier alpha value is -2.08. The van der Waals surface area contributed by atoms with E-state index < -0.39 is 0 Å². The third-order valence-electron chi connectivity index (χ3n) is 5.33. The first-order chi connectivity index (χ1) is 16.0. The Balaban J connectivity index is 2.29. The maximum atomic E-state index is 2.34. The predicted octanol–water partition coefficient (Wildman–Crippen LogP) is 10.7. The Morgan fingerprint density at radius 2 is 0.188 bits per heavy atom. The van der Waals surface area contributed by atoms with Crippen LogP contribution in [0.5, 0.6) is 0 Å². The quantitative estimate of drug-likeness (QED) is 0.334. The van der Waals surface area contributed by atoms with Gasteiger partial charge in [-0.15, -0.1) is 0 Å². The minimum absolute atomic E-state index is 1.16. The fourth-order valence-electron chi connectivity index (χ4n) is 3.43. The number of rotatable bonds is 0. The average molecular weight is 433 g/mol. The van der Waals surface area contributed by atoms with E-state index in [0.29, 0.717) is 0 Å². The second-order valence-corrected chi connectivity index (χ2v) is 8.39. The van der Waals surface area contributed by atoms with Gasteiger partial charge < -0.3 is 0 Å². The Morgan fingerprint density at radius 1 is 0.125 bits per heavy atom. The smallest absolute Gasteiger partial charge is 0.0316 e. The lowest BCUT2D eigenvalue weighted by Gasteiger charge is -1.92. The highest BCUT2D eigenvalue weighted by atomic mass is 13.9. The summed E-state index contributed by atoms with van der Waals surface area (Å²) in [5.41, 5.74) is 0. The van der Waals surface area contributed by atoms with Crippen molar-refractivity contribution in [2.45, 2.75) is 103 Å². The van der Waals surface area contributed by atoms with Crippen LogP contribution < -0.4 is 0 Å². The van der Waals surface area contributed by atoms with E-state index in [-0.39, 0.29) is 0 Å². The summed E-state index contributed by atoms with van der Waals surface area (Å²) in [6.45, 7) is 0. The molecule has 0 nitrogen and oxygen atoms in total. The second-order valence-electron chi connectivity index (χ2n) is 8.39. The van der Waals surface area contributed by atoms with Crippen LogP contribution in [0, 0.1) is 0 Å². The van der Waals surface area contributed by atoms with E-state index >= 15 is 0 Å². The van der Waals surface area contributed by atoms with Crippen LogP contribution in [0.2, 0.25) is 0 Å². The first kappa shape index (κ1) is 28.0. The third kappa shape index (κ3) is 22.6. The van der Waals surface area contributed by atoms with Crippen LogP contribution in [-0.2, 0) is 0 Å². The molecule has 1 rings (SSSR count). The number of allylic oxidation sites excluding steroid dienone is 16. The van der Waals surface area contributed by atoms with Gasteiger partial charge in [0.1, 0.15) is 0 Å². The van der Waals surface area contributed by atoms with Gasteiger partial charge in [0.25, 0.3) is 0 Å². The van der Waals surface area contributed by atoms with Crippen molar-refractivity contribution in [2.24, 2.45) is 0 Å². The molecule has 0 fully saturated rings. The molecule has 0 N–H and O–H groups in total. The van der Waals surface area contributed by atoms with Crippen molar-refractivity contribution in [1.82, 2.24) is 0 Å². The van der Waals surface area contributed by atoms with Gasteiger partial charge in [-0.05, 0) is 103 Å². The van der Waals surface area contributed by atoms with E-state index in [1.165, 1.54) is 0 Å². The fourth-order valence-corrected chi connectivity index (χ4v) is 3.43. The van der Waals surface area contributed by atoms with Crippen molar-refractivity contribution in [3.63, 3.8) is 0 Å². The molecule has 1 aliphatic carbocycles. The van der Waals surface area contributed by atoms with Crippen LogP contribution in [0.3, 0.4) is 0 Å². The summed E-state index contributed by atoms with van der Waals surface area (Å²) in [6, 6.07) is 0. The predicted molar refractivity (Wildman–Crippen MR) is 147 cm³/mol. The lowest BCUT2D eigenvalue weighted by molar-refractivity contribution is 0.962. The Labute approximate surface area is 200 Å². The van der Waals surface area contributed by atoms with Crippen LogP contribution >= 0.6 is 0 Å². The summed E-state index contributed by atoms with van der Waals surface area (Å²) in [6.07, 6.45) is 56.0. The fraction of sp³-hybridized carbons (Fsp3) is 0.500. The van der Waals surface area contributed by atoms with Gasteiger partial charge >= 0.3 is 0 Å². The molecule has 1 aliphatic rings. The maximum Gasteiger partial charge on any atom is -0.0316 e. The zero-order valence-electron chi connectivity index (χ0n) is 20.6. The molecule has 0 heteroatoms. The summed E-state index contributed by atoms with van der Waals surface area (Å²) in [5.74, 6) is 0. The van der Waals surface area contributed by atoms with Gasteiger partial charge in [-0.2, -0.15) is 0 Å². The van der Waals surface area contributed by atoms with Crippen LogP contribution in [0.1, 0.15) is 103 Å². The van der Waals surface area contributed by atoms with Gasteiger partial charge in [-0.3, -0.25) is 0 Å². The summed E-state index contributed by atoms with van der Waals surface area (Å²) in [4.78, 5) is 0. The van der Waals surface area contributed by atoms with Crippen LogP contribution in [0.15, 0.2) is 97.2 Å². The molecule has 0 bridgehead atoms. The van der Waals surface area contributed by atoms with E-state index in [0.717, 1.165) is 103 Å². The van der Waals surface area contributed by atoms with Gasteiger partial charge in [-0.1, -0.05) is 97.2 Å². The lowest BCUT2D eigenvalue weighted by atomic mass is 10.1. The summed E-state index contributed by atoms with van der Waals surface area (Å²) in [7, 11) is 0. The van der Waals surface area contributed by atoms with Gasteiger partial charge in [0.15, 0.2) is 0 Å². The van der Waals surface area contributed by atoms with E-state index in [4.69, 9.17) is 0 Å². The summed E-state index contributed by atoms with van der Waals surface area (Å²) >= 11 is 0. The van der Waals surface area contributed by atoms with Crippen molar-refractivity contribution in [3.05, 3.63) is 97.2 Å². The monoisotopic (exact) mass is 432 g/mol. The van der Waals surface area contributed by atoms with Gasteiger partial charge in [0, 0.05) is 0 Å². The SMILES string of the molecule is C1=CCC/C=C/CC/C=C/CC/C=C/CC/C=C/CC/C=C\CC/C=C/CC/C=C/CC1. The first-order valence-electron chi connectivity index (χ1n) is 13.2. The second kappa shape index (κ2) is 25.2. The largest absolute Gasteiger partial charge is 0.0882 e. The molecule has 32 heavy (non-hydrogen) atoms. The molecule has 0 radical (unpaired) electrons. The Kier molecular flexibility index (Phi) is 22.0. The molecule has 0 aromatic carbocycles. The van der Waals surface area contributed by atoms with Crippen molar-refractivity contribution in [1.29, 1.82) is 0 Å². The first-order valence-corrected chi connectivity index (χ1v) is 13.2. The minimum Gasteiger partial charge on any atom is -0.0882 e. The van der Waals surface area contributed by atoms with Gasteiger partial charge in [0.05, 0.1) is 0 Å². The van der Waals surface area contributed by atoms with E-state index in [9.17, 15) is 0 Å². The number of hydrogen-bond acceptors (Lipinski definition) is 0. The number of hydrogen-bond donors (Lipinski definition) is 0. The summed E-state index contributed by atoms with van der Waals surface area (Å²) in [5, 5.41) is 0. The van der Waals surface area contributed by atoms with E-state index in [1.807, 2.05) is 0 Å². The van der Waals surface area contributed by atoms with E-state index in [2.05, 4.69) is 97.2 Å². The lowest BCUT2D eigenvalue weighted by Crippen LogP contribution is -1.71.